The third-order valence-corrected chi connectivity index (χ3v) is 5.37. The summed E-state index contributed by atoms with van der Waals surface area (Å²) in [6.45, 7) is 3.98. The molecule has 166 valence electrons. The summed E-state index contributed by atoms with van der Waals surface area (Å²) in [5.74, 6) is -1.19. The minimum absolute atomic E-state index is 0. The summed E-state index contributed by atoms with van der Waals surface area (Å²) < 4.78 is 29.2. The second kappa shape index (κ2) is 8.91. The van der Waals surface area contributed by atoms with Crippen LogP contribution in [0.3, 0.4) is 0 Å². The topological polar surface area (TPSA) is 56.5 Å². The van der Waals surface area contributed by atoms with Gasteiger partial charge in [0.1, 0.15) is 11.9 Å². The van der Waals surface area contributed by atoms with Crippen molar-refractivity contribution in [3.8, 4) is 17.1 Å². The van der Waals surface area contributed by atoms with E-state index >= 15 is 0 Å². The average molecular weight is 621 g/mol. The molecule has 0 radical (unpaired) electrons. The predicted molar refractivity (Wildman–Crippen MR) is 116 cm³/mol. The maximum atomic E-state index is 14.2. The van der Waals surface area contributed by atoms with Gasteiger partial charge in [0.05, 0.1) is 5.82 Å². The van der Waals surface area contributed by atoms with Crippen LogP contribution >= 0.6 is 0 Å². The normalized spacial score (nSPS) is 11.4. The number of nitrogens with zero attached hydrogens (tertiary/aromatic N) is 5. The third kappa shape index (κ3) is 4.21. The standard InChI is InChI=1S/C25H17F2N5.Pt/c1-25(2,19-8-3-7-18(29-19)17-11-12-21(26)31-23(17)27)20-9-4-10-22(30-20)32-15-13-16-6-5-14-28-24(16)32;/h3-10,12-14H,1-2H3;/q-2;+2. The van der Waals surface area contributed by atoms with E-state index in [-0.39, 0.29) is 26.6 Å². The van der Waals surface area contributed by atoms with Crippen molar-refractivity contribution < 1.29 is 29.8 Å². The van der Waals surface area contributed by atoms with Gasteiger partial charge in [0, 0.05) is 28.6 Å². The second-order valence-electron chi connectivity index (χ2n) is 7.83. The van der Waals surface area contributed by atoms with E-state index in [2.05, 4.69) is 27.2 Å². The van der Waals surface area contributed by atoms with E-state index < -0.39 is 17.3 Å². The SMILES string of the molecule is CC(C)(c1cccc(-c2[c-]cc(F)nc2F)n1)c1cccc(-n2[c-]cc3cccnc32)n1.[Pt+2]. The van der Waals surface area contributed by atoms with Gasteiger partial charge in [-0.3, -0.25) is 15.0 Å². The first-order valence-electron chi connectivity index (χ1n) is 9.97. The van der Waals surface area contributed by atoms with Crippen molar-refractivity contribution in [3.05, 3.63) is 102 Å². The van der Waals surface area contributed by atoms with Crippen LogP contribution in [0, 0.1) is 24.2 Å². The number of aromatic nitrogens is 5. The molecule has 0 unspecified atom stereocenters. The van der Waals surface area contributed by atoms with Gasteiger partial charge in [-0.25, -0.2) is 8.78 Å². The zero-order valence-corrected chi connectivity index (χ0v) is 19.9. The Bertz CT molecular complexity index is 1450. The molecule has 0 aliphatic heterocycles. The molecule has 5 aromatic heterocycles. The molecule has 0 N–H and O–H groups in total. The Labute approximate surface area is 203 Å². The van der Waals surface area contributed by atoms with Gasteiger partial charge in [-0.2, -0.15) is 0 Å². The minimum Gasteiger partial charge on any atom is -0.414 e. The second-order valence-corrected chi connectivity index (χ2v) is 7.83. The maximum absolute atomic E-state index is 14.2. The fraction of sp³-hybridized carbons (Fsp3) is 0.120. The molecule has 5 rings (SSSR count). The zero-order valence-electron chi connectivity index (χ0n) is 17.7. The molecule has 0 fully saturated rings. The van der Waals surface area contributed by atoms with Crippen molar-refractivity contribution in [1.82, 2.24) is 24.5 Å². The van der Waals surface area contributed by atoms with E-state index in [1.165, 1.54) is 0 Å². The van der Waals surface area contributed by atoms with Gasteiger partial charge in [-0.05, 0) is 31.7 Å². The molecule has 5 heterocycles. The van der Waals surface area contributed by atoms with E-state index in [4.69, 9.17) is 4.98 Å². The molecule has 0 saturated heterocycles. The molecule has 0 amide bonds. The fourth-order valence-electron chi connectivity index (χ4n) is 3.58. The minimum atomic E-state index is -0.949. The molecule has 0 aliphatic carbocycles. The summed E-state index contributed by atoms with van der Waals surface area (Å²) in [5.41, 5.74) is 1.95. The van der Waals surface area contributed by atoms with Crippen LogP contribution in [0.15, 0.2) is 66.9 Å². The molecule has 0 aromatic carbocycles. The first-order chi connectivity index (χ1) is 15.4. The van der Waals surface area contributed by atoms with Crippen LogP contribution in [-0.2, 0) is 26.5 Å². The number of hydrogen-bond donors (Lipinski definition) is 0. The molecular weight excluding hydrogens is 603 g/mol. The number of halogens is 2. The van der Waals surface area contributed by atoms with Crippen molar-refractivity contribution in [3.63, 3.8) is 0 Å². The molecule has 0 bridgehead atoms. The predicted octanol–water partition coefficient (Wildman–Crippen LogP) is 5.08. The van der Waals surface area contributed by atoms with E-state index in [1.54, 1.807) is 18.3 Å². The average Bonchev–Trinajstić information content (AvgIpc) is 3.23. The summed E-state index contributed by atoms with van der Waals surface area (Å²) in [4.78, 5) is 17.1. The summed E-state index contributed by atoms with van der Waals surface area (Å²) in [7, 11) is 0. The van der Waals surface area contributed by atoms with Crippen LogP contribution in [0.25, 0.3) is 28.1 Å². The molecule has 0 saturated carbocycles. The van der Waals surface area contributed by atoms with Gasteiger partial charge < -0.3 is 9.55 Å². The summed E-state index contributed by atoms with van der Waals surface area (Å²) in [5, 5.41) is 0.972. The fourth-order valence-corrected chi connectivity index (χ4v) is 3.58. The number of rotatable bonds is 4. The number of pyridine rings is 4. The van der Waals surface area contributed by atoms with E-state index in [0.29, 0.717) is 17.2 Å². The molecule has 5 aromatic rings. The van der Waals surface area contributed by atoms with Gasteiger partial charge in [-0.1, -0.05) is 53.5 Å². The van der Waals surface area contributed by atoms with Crippen molar-refractivity contribution >= 4 is 11.0 Å². The third-order valence-electron chi connectivity index (χ3n) is 5.37. The Morgan fingerprint density at radius 3 is 2.42 bits per heavy atom. The van der Waals surface area contributed by atoms with Gasteiger partial charge in [-0.15, -0.1) is 18.2 Å². The maximum Gasteiger partial charge on any atom is 2.00 e. The smallest absolute Gasteiger partial charge is 0.414 e. The van der Waals surface area contributed by atoms with E-state index in [9.17, 15) is 8.78 Å². The summed E-state index contributed by atoms with van der Waals surface area (Å²) in [6.07, 6.45) is 4.91. The van der Waals surface area contributed by atoms with Crippen molar-refractivity contribution in [1.29, 1.82) is 0 Å². The van der Waals surface area contributed by atoms with Crippen LogP contribution in [0.4, 0.5) is 8.78 Å². The first kappa shape index (κ1) is 22.9. The first-order valence-corrected chi connectivity index (χ1v) is 9.97. The van der Waals surface area contributed by atoms with E-state index in [1.807, 2.05) is 60.9 Å². The molecular formula is C25H17F2N5Pt. The Morgan fingerprint density at radius 2 is 1.64 bits per heavy atom. The Kier molecular flexibility index (Phi) is 6.17. The van der Waals surface area contributed by atoms with Gasteiger partial charge >= 0.3 is 21.1 Å². The molecule has 0 atom stereocenters. The summed E-state index contributed by atoms with van der Waals surface area (Å²) >= 11 is 0. The molecule has 0 spiro atoms. The molecule has 8 heteroatoms. The van der Waals surface area contributed by atoms with Crippen molar-refractivity contribution in [2.45, 2.75) is 19.3 Å². The largest absolute Gasteiger partial charge is 2.00 e. The zero-order chi connectivity index (χ0) is 22.3. The van der Waals surface area contributed by atoms with E-state index in [0.717, 1.165) is 22.8 Å². The number of fused-ring (bicyclic) bond motifs is 1. The van der Waals surface area contributed by atoms with Crippen molar-refractivity contribution in [2.75, 3.05) is 0 Å². The molecule has 5 nitrogen and oxygen atoms in total. The Hall–Kier alpha value is -3.31. The van der Waals surface area contributed by atoms with Crippen LogP contribution in [0.1, 0.15) is 25.2 Å². The quantitative estimate of drug-likeness (QED) is 0.208. The van der Waals surface area contributed by atoms with Crippen molar-refractivity contribution in [2.24, 2.45) is 0 Å². The van der Waals surface area contributed by atoms with Crippen LogP contribution < -0.4 is 0 Å². The summed E-state index contributed by atoms with van der Waals surface area (Å²) in [6, 6.07) is 20.3. The van der Waals surface area contributed by atoms with Crippen LogP contribution in [0.2, 0.25) is 0 Å². The van der Waals surface area contributed by atoms with Gasteiger partial charge in [0.25, 0.3) is 0 Å². The monoisotopic (exact) mass is 620 g/mol. The van der Waals surface area contributed by atoms with Gasteiger partial charge in [0.15, 0.2) is 0 Å². The molecule has 0 aliphatic rings. The number of hydrogen-bond acceptors (Lipinski definition) is 4. The Morgan fingerprint density at radius 1 is 0.879 bits per heavy atom. The van der Waals surface area contributed by atoms with Crippen LogP contribution in [-0.4, -0.2) is 24.5 Å². The van der Waals surface area contributed by atoms with Crippen LogP contribution in [0.5, 0.6) is 0 Å². The Balaban J connectivity index is 0.00000259. The van der Waals surface area contributed by atoms with Gasteiger partial charge in [0.2, 0.25) is 0 Å². The molecule has 33 heavy (non-hydrogen) atoms.